The highest BCUT2D eigenvalue weighted by Gasteiger charge is 2.37. The topological polar surface area (TPSA) is 53.7 Å². The molecule has 2 atom stereocenters. The second-order valence-electron chi connectivity index (χ2n) is 6.27. The van der Waals surface area contributed by atoms with E-state index >= 15 is 0 Å². The summed E-state index contributed by atoms with van der Waals surface area (Å²) in [7, 11) is 3.51. The minimum absolute atomic E-state index is 0.160. The molecule has 1 fully saturated rings. The number of nitrogen functional groups attached to an aromatic ring is 1. The van der Waals surface area contributed by atoms with Gasteiger partial charge in [0, 0.05) is 33.1 Å². The molecule has 0 aromatic heterocycles. The van der Waals surface area contributed by atoms with Crippen molar-refractivity contribution in [3.05, 3.63) is 29.8 Å². The van der Waals surface area contributed by atoms with Gasteiger partial charge in [0.1, 0.15) is 0 Å². The van der Waals surface area contributed by atoms with E-state index in [9.17, 15) is 0 Å². The third-order valence-corrected chi connectivity index (χ3v) is 4.54. The monoisotopic (exact) mass is 307 g/mol. The largest absolute Gasteiger partial charge is 0.399 e. The molecule has 1 aromatic rings. The predicted octanol–water partition coefficient (Wildman–Crippen LogP) is 3.36. The molecule has 2 N–H and O–H groups in total. The van der Waals surface area contributed by atoms with E-state index in [1.54, 1.807) is 14.2 Å². The van der Waals surface area contributed by atoms with Gasteiger partial charge >= 0.3 is 0 Å². The van der Waals surface area contributed by atoms with Crippen molar-refractivity contribution < 1.29 is 14.2 Å². The van der Waals surface area contributed by atoms with Gasteiger partial charge in [-0.1, -0.05) is 12.1 Å². The first kappa shape index (κ1) is 17.3. The molecule has 4 heteroatoms. The number of ether oxygens (including phenoxy) is 3. The van der Waals surface area contributed by atoms with Crippen LogP contribution in [0.4, 0.5) is 5.69 Å². The summed E-state index contributed by atoms with van der Waals surface area (Å²) in [5.74, 6) is 0.520. The molecule has 1 saturated heterocycles. The van der Waals surface area contributed by atoms with Crippen LogP contribution in [0, 0.1) is 0 Å². The third-order valence-electron chi connectivity index (χ3n) is 4.54. The van der Waals surface area contributed by atoms with Crippen LogP contribution in [0.15, 0.2) is 24.3 Å². The number of rotatable bonds is 8. The van der Waals surface area contributed by atoms with E-state index in [1.807, 2.05) is 12.1 Å². The number of unbranched alkanes of at least 4 members (excludes halogenated alkanes) is 1. The van der Waals surface area contributed by atoms with Gasteiger partial charge < -0.3 is 19.9 Å². The number of nitrogens with two attached hydrogens (primary N) is 1. The van der Waals surface area contributed by atoms with Crippen LogP contribution in [0.25, 0.3) is 0 Å². The van der Waals surface area contributed by atoms with Crippen LogP contribution < -0.4 is 5.73 Å². The Kier molecular flexibility index (Phi) is 6.68. The first-order valence-electron chi connectivity index (χ1n) is 8.16. The maximum atomic E-state index is 6.17. The van der Waals surface area contributed by atoms with Crippen molar-refractivity contribution in [3.63, 3.8) is 0 Å². The summed E-state index contributed by atoms with van der Waals surface area (Å²) < 4.78 is 16.8. The molecule has 0 aliphatic carbocycles. The molecule has 1 aromatic carbocycles. The van der Waals surface area contributed by atoms with Crippen LogP contribution in [0.3, 0.4) is 0 Å². The Labute approximate surface area is 133 Å². The molecule has 0 radical (unpaired) electrons. The van der Waals surface area contributed by atoms with Gasteiger partial charge in [0.05, 0.1) is 12.2 Å². The molecule has 1 heterocycles. The molecular weight excluding hydrogens is 278 g/mol. The molecule has 0 unspecified atom stereocenters. The molecule has 1 aliphatic heterocycles. The predicted molar refractivity (Wildman–Crippen MR) is 89.1 cm³/mol. The Morgan fingerprint density at radius 2 is 1.95 bits per heavy atom. The van der Waals surface area contributed by atoms with Crippen molar-refractivity contribution >= 4 is 5.69 Å². The molecular formula is C18H29NO3. The van der Waals surface area contributed by atoms with Crippen LogP contribution in [-0.2, 0) is 14.2 Å². The van der Waals surface area contributed by atoms with Gasteiger partial charge in [0.15, 0.2) is 0 Å². The average Bonchev–Trinajstić information content (AvgIpc) is 2.53. The maximum Gasteiger partial charge on any atom is 0.0920 e. The number of benzene rings is 1. The van der Waals surface area contributed by atoms with Crippen molar-refractivity contribution in [1.29, 1.82) is 0 Å². The first-order valence-corrected chi connectivity index (χ1v) is 8.16. The quantitative estimate of drug-likeness (QED) is 0.591. The Hall–Kier alpha value is -1.10. The molecule has 0 amide bonds. The summed E-state index contributed by atoms with van der Waals surface area (Å²) in [6.07, 6.45) is 5.27. The second-order valence-corrected chi connectivity index (χ2v) is 6.27. The lowest BCUT2D eigenvalue weighted by Gasteiger charge is -2.41. The van der Waals surface area contributed by atoms with E-state index in [1.165, 1.54) is 5.56 Å². The van der Waals surface area contributed by atoms with E-state index in [4.69, 9.17) is 19.9 Å². The van der Waals surface area contributed by atoms with Gasteiger partial charge in [-0.15, -0.1) is 0 Å². The normalized spacial score (nSPS) is 25.3. The summed E-state index contributed by atoms with van der Waals surface area (Å²) in [4.78, 5) is 0. The van der Waals surface area contributed by atoms with Crippen molar-refractivity contribution in [1.82, 2.24) is 0 Å². The summed E-state index contributed by atoms with van der Waals surface area (Å²) in [6, 6.07) is 8.27. The highest BCUT2D eigenvalue weighted by molar-refractivity contribution is 5.40. The minimum Gasteiger partial charge on any atom is -0.399 e. The molecule has 1 aliphatic rings. The fraction of sp³-hybridized carbons (Fsp3) is 0.667. The van der Waals surface area contributed by atoms with Crippen molar-refractivity contribution in [2.75, 3.05) is 39.8 Å². The zero-order chi connectivity index (χ0) is 15.8. The van der Waals surface area contributed by atoms with E-state index in [0.29, 0.717) is 12.5 Å². The molecule has 2 rings (SSSR count). The lowest BCUT2D eigenvalue weighted by molar-refractivity contribution is -0.127. The van der Waals surface area contributed by atoms with Crippen molar-refractivity contribution in [2.45, 2.75) is 43.6 Å². The highest BCUT2D eigenvalue weighted by Crippen LogP contribution is 2.39. The lowest BCUT2D eigenvalue weighted by atomic mass is 9.79. The van der Waals surface area contributed by atoms with Gasteiger partial charge in [0.25, 0.3) is 0 Å². The Balaban J connectivity index is 2.01. The molecule has 0 saturated carbocycles. The fourth-order valence-electron chi connectivity index (χ4n) is 3.38. The van der Waals surface area contributed by atoms with Crippen LogP contribution in [0.5, 0.6) is 0 Å². The zero-order valence-electron chi connectivity index (χ0n) is 13.8. The summed E-state index contributed by atoms with van der Waals surface area (Å²) in [5.41, 5.74) is 7.81. The molecule has 4 nitrogen and oxygen atoms in total. The van der Waals surface area contributed by atoms with Crippen LogP contribution in [0.1, 0.15) is 43.6 Å². The summed E-state index contributed by atoms with van der Waals surface area (Å²) in [6.45, 7) is 2.26. The van der Waals surface area contributed by atoms with Crippen LogP contribution in [0.2, 0.25) is 0 Å². The van der Waals surface area contributed by atoms with Gasteiger partial charge in [0.2, 0.25) is 0 Å². The molecule has 22 heavy (non-hydrogen) atoms. The SMILES string of the molecule is COCCCC[C@@]1(COC)C[C@H](c2ccc(N)cc2)CCO1. The van der Waals surface area contributed by atoms with Crippen LogP contribution in [-0.4, -0.2) is 39.6 Å². The van der Waals surface area contributed by atoms with Gasteiger partial charge in [-0.3, -0.25) is 0 Å². The zero-order valence-corrected chi connectivity index (χ0v) is 13.8. The number of methoxy groups -OCH3 is 2. The lowest BCUT2D eigenvalue weighted by Crippen LogP contribution is -2.43. The van der Waals surface area contributed by atoms with E-state index < -0.39 is 0 Å². The smallest absolute Gasteiger partial charge is 0.0920 e. The van der Waals surface area contributed by atoms with Gasteiger partial charge in [-0.2, -0.15) is 0 Å². The Morgan fingerprint density at radius 1 is 1.18 bits per heavy atom. The summed E-state index contributed by atoms with van der Waals surface area (Å²) in [5, 5.41) is 0. The number of hydrogen-bond acceptors (Lipinski definition) is 4. The molecule has 0 spiro atoms. The third kappa shape index (κ3) is 4.70. The molecule has 124 valence electrons. The highest BCUT2D eigenvalue weighted by atomic mass is 16.5. The van der Waals surface area contributed by atoms with E-state index in [0.717, 1.165) is 51.0 Å². The number of hydrogen-bond donors (Lipinski definition) is 1. The van der Waals surface area contributed by atoms with Crippen molar-refractivity contribution in [3.8, 4) is 0 Å². The Bertz CT molecular complexity index is 430. The fourth-order valence-corrected chi connectivity index (χ4v) is 3.38. The average molecular weight is 307 g/mol. The minimum atomic E-state index is -0.160. The Morgan fingerprint density at radius 3 is 2.64 bits per heavy atom. The van der Waals surface area contributed by atoms with Crippen LogP contribution >= 0.6 is 0 Å². The maximum absolute atomic E-state index is 6.17. The summed E-state index contributed by atoms with van der Waals surface area (Å²) >= 11 is 0. The van der Waals surface area contributed by atoms with E-state index in [2.05, 4.69) is 12.1 Å². The van der Waals surface area contributed by atoms with Crippen molar-refractivity contribution in [2.24, 2.45) is 0 Å². The van der Waals surface area contributed by atoms with Gasteiger partial charge in [-0.05, 0) is 55.7 Å². The second kappa shape index (κ2) is 8.51. The standard InChI is InChI=1S/C18H29NO3/c1-20-11-4-3-10-18(14-21-2)13-16(9-12-22-18)15-5-7-17(19)8-6-15/h5-8,16H,3-4,9-14,19H2,1-2H3/t16-,18+/m1/s1. The first-order chi connectivity index (χ1) is 10.7. The van der Waals surface area contributed by atoms with Gasteiger partial charge in [-0.25, -0.2) is 0 Å². The van der Waals surface area contributed by atoms with E-state index in [-0.39, 0.29) is 5.60 Å². The number of anilines is 1. The molecule has 0 bridgehead atoms.